The van der Waals surface area contributed by atoms with Crippen LogP contribution in [0.25, 0.3) is 0 Å². The van der Waals surface area contributed by atoms with Gasteiger partial charge in [-0.1, -0.05) is 29.3 Å². The Bertz CT molecular complexity index is 1110. The van der Waals surface area contributed by atoms with E-state index in [0.29, 0.717) is 0 Å². The summed E-state index contributed by atoms with van der Waals surface area (Å²) in [5, 5.41) is 9.50. The molecule has 0 atom stereocenters. The number of hydrogen-bond donors (Lipinski definition) is 3. The Morgan fingerprint density at radius 1 is 1.17 bits per heavy atom. The molecule has 0 unspecified atom stereocenters. The van der Waals surface area contributed by atoms with Gasteiger partial charge in [-0.25, -0.2) is 13.8 Å². The van der Waals surface area contributed by atoms with Crippen molar-refractivity contribution in [2.45, 2.75) is 31.7 Å². The Labute approximate surface area is 173 Å². The Morgan fingerprint density at radius 2 is 1.93 bits per heavy atom. The van der Waals surface area contributed by atoms with E-state index >= 15 is 0 Å². The summed E-state index contributed by atoms with van der Waals surface area (Å²) in [6, 6.07) is 4.61. The highest BCUT2D eigenvalue weighted by atomic mass is 32.1. The molecule has 2 heterocycles. The van der Waals surface area contributed by atoms with E-state index in [1.165, 1.54) is 12.1 Å². The van der Waals surface area contributed by atoms with Gasteiger partial charge < -0.3 is 20.9 Å². The number of carbonyl (C=O) groups excluding carboxylic acids is 2. The molecule has 4 rings (SSSR count). The lowest BCUT2D eigenvalue weighted by molar-refractivity contribution is 0.0925. The summed E-state index contributed by atoms with van der Waals surface area (Å²) < 4.78 is 31.4. The van der Waals surface area contributed by atoms with Crippen LogP contribution in [0.4, 0.5) is 25.4 Å². The van der Waals surface area contributed by atoms with Gasteiger partial charge in [0.25, 0.3) is 5.91 Å². The van der Waals surface area contributed by atoms with E-state index < -0.39 is 23.3 Å². The number of benzene rings is 1. The van der Waals surface area contributed by atoms with Crippen LogP contribution in [-0.4, -0.2) is 27.9 Å². The lowest BCUT2D eigenvalue weighted by Crippen LogP contribution is -2.32. The third-order valence-electron chi connectivity index (χ3n) is 4.69. The van der Waals surface area contributed by atoms with Crippen molar-refractivity contribution >= 4 is 39.7 Å². The largest absolute Gasteiger partial charge is 0.382 e. The molecular formula is C19H17F2N5O3S. The molecule has 0 aliphatic heterocycles. The van der Waals surface area contributed by atoms with Gasteiger partial charge in [-0.05, 0) is 25.0 Å². The van der Waals surface area contributed by atoms with Crippen molar-refractivity contribution in [3.8, 4) is 0 Å². The fourth-order valence-electron chi connectivity index (χ4n) is 3.18. The summed E-state index contributed by atoms with van der Waals surface area (Å²) in [5.41, 5.74) is 6.08. The number of nitrogens with zero attached hydrogens (tertiary/aromatic N) is 2. The highest BCUT2D eigenvalue weighted by Crippen LogP contribution is 2.30. The van der Waals surface area contributed by atoms with E-state index in [1.54, 1.807) is 0 Å². The number of nitrogens with one attached hydrogen (secondary N) is 2. The van der Waals surface area contributed by atoms with Crippen LogP contribution in [0.3, 0.4) is 0 Å². The van der Waals surface area contributed by atoms with Crippen molar-refractivity contribution in [1.29, 1.82) is 0 Å². The number of rotatable bonds is 6. The highest BCUT2D eigenvalue weighted by molar-refractivity contribution is 7.18. The van der Waals surface area contributed by atoms with Crippen LogP contribution in [0.15, 0.2) is 28.8 Å². The molecule has 1 aliphatic carbocycles. The lowest BCUT2D eigenvalue weighted by Gasteiger charge is -2.09. The predicted molar refractivity (Wildman–Crippen MR) is 106 cm³/mol. The molecule has 8 nitrogen and oxygen atoms in total. The Hall–Kier alpha value is -3.34. The van der Waals surface area contributed by atoms with Gasteiger partial charge in [0.1, 0.15) is 10.7 Å². The molecule has 1 amide bonds. The maximum atomic E-state index is 13.3. The summed E-state index contributed by atoms with van der Waals surface area (Å²) in [5.74, 6) is -3.21. The number of halogens is 2. The zero-order valence-corrected chi connectivity index (χ0v) is 16.4. The van der Waals surface area contributed by atoms with E-state index in [9.17, 15) is 18.4 Å². The molecule has 1 fully saturated rings. The molecule has 2 aromatic heterocycles. The van der Waals surface area contributed by atoms with Crippen molar-refractivity contribution in [1.82, 2.24) is 15.5 Å². The number of nitrogen functional groups attached to an aromatic ring is 1. The van der Waals surface area contributed by atoms with Crippen LogP contribution >= 0.6 is 11.3 Å². The van der Waals surface area contributed by atoms with E-state index in [-0.39, 0.29) is 39.0 Å². The molecule has 0 spiro atoms. The number of hydrogen-bond acceptors (Lipinski definition) is 8. The molecule has 0 saturated heterocycles. The number of carbonyl (C=O) groups is 2. The fourth-order valence-corrected chi connectivity index (χ4v) is 4.03. The fraction of sp³-hybridized carbons (Fsp3) is 0.263. The maximum absolute atomic E-state index is 13.3. The first kappa shape index (κ1) is 20.0. The van der Waals surface area contributed by atoms with Crippen molar-refractivity contribution in [2.24, 2.45) is 0 Å². The minimum Gasteiger partial charge on any atom is -0.382 e. The second-order valence-electron chi connectivity index (χ2n) is 6.85. The van der Waals surface area contributed by atoms with E-state index in [2.05, 4.69) is 20.8 Å². The topological polar surface area (TPSA) is 123 Å². The zero-order valence-electron chi connectivity index (χ0n) is 15.6. The smallest absolute Gasteiger partial charge is 0.273 e. The van der Waals surface area contributed by atoms with Crippen molar-refractivity contribution in [2.75, 3.05) is 11.1 Å². The molecule has 1 aromatic carbocycles. The second-order valence-corrected chi connectivity index (χ2v) is 7.85. The average molecular weight is 433 g/mol. The van der Waals surface area contributed by atoms with Crippen LogP contribution in [0.1, 0.15) is 51.6 Å². The zero-order chi connectivity index (χ0) is 21.3. The van der Waals surface area contributed by atoms with Crippen molar-refractivity contribution in [3.05, 3.63) is 52.2 Å². The van der Waals surface area contributed by atoms with Crippen LogP contribution < -0.4 is 16.4 Å². The second kappa shape index (κ2) is 8.19. The lowest BCUT2D eigenvalue weighted by atomic mass is 10.2. The summed E-state index contributed by atoms with van der Waals surface area (Å²) in [4.78, 5) is 29.0. The molecule has 1 saturated carbocycles. The summed E-state index contributed by atoms with van der Waals surface area (Å²) in [7, 11) is 0. The van der Waals surface area contributed by atoms with Gasteiger partial charge in [-0.2, -0.15) is 0 Å². The predicted octanol–water partition coefficient (Wildman–Crippen LogP) is 3.64. The first-order chi connectivity index (χ1) is 14.4. The van der Waals surface area contributed by atoms with Crippen LogP contribution in [0.5, 0.6) is 0 Å². The number of amides is 1. The van der Waals surface area contributed by atoms with E-state index in [4.69, 9.17) is 10.3 Å². The van der Waals surface area contributed by atoms with E-state index in [0.717, 1.165) is 49.2 Å². The SMILES string of the molecule is Nc1nc(Nc2ccc(F)c(F)c2)sc1C(=O)c1cc(C(=O)NC2CCCC2)no1. The van der Waals surface area contributed by atoms with Crippen LogP contribution in [0, 0.1) is 11.6 Å². The third kappa shape index (κ3) is 4.15. The molecule has 4 N–H and O–H groups in total. The van der Waals surface area contributed by atoms with E-state index in [1.807, 2.05) is 0 Å². The third-order valence-corrected chi connectivity index (χ3v) is 5.67. The Kier molecular flexibility index (Phi) is 5.44. The van der Waals surface area contributed by atoms with Crippen LogP contribution in [0.2, 0.25) is 0 Å². The minimum absolute atomic E-state index is 0.00784. The van der Waals surface area contributed by atoms with Crippen molar-refractivity contribution < 1.29 is 22.9 Å². The number of ketones is 1. The molecule has 0 bridgehead atoms. The van der Waals surface area contributed by atoms with Gasteiger partial charge in [0.05, 0.1) is 0 Å². The van der Waals surface area contributed by atoms with Crippen molar-refractivity contribution in [3.63, 3.8) is 0 Å². The van der Waals surface area contributed by atoms with Crippen LogP contribution in [-0.2, 0) is 0 Å². The average Bonchev–Trinajstić information content (AvgIpc) is 3.45. The number of nitrogens with two attached hydrogens (primary N) is 1. The Balaban J connectivity index is 1.47. The number of thiazole rings is 1. The molecule has 3 aromatic rings. The quantitative estimate of drug-likeness (QED) is 0.507. The van der Waals surface area contributed by atoms with Gasteiger partial charge in [0.2, 0.25) is 11.5 Å². The number of anilines is 3. The monoisotopic (exact) mass is 433 g/mol. The first-order valence-corrected chi connectivity index (χ1v) is 10.0. The minimum atomic E-state index is -1.02. The standard InChI is InChI=1S/C19H17F2N5O3S/c20-11-6-5-10(7-12(11)21)24-19-25-17(22)16(30-19)15(27)14-8-13(26-29-14)18(28)23-9-3-1-2-4-9/h5-9H,1-4,22H2,(H,23,28)(H,24,25). The molecular weight excluding hydrogens is 416 g/mol. The molecule has 156 valence electrons. The maximum Gasteiger partial charge on any atom is 0.273 e. The van der Waals surface area contributed by atoms with Gasteiger partial charge in [0.15, 0.2) is 22.5 Å². The Morgan fingerprint density at radius 3 is 2.67 bits per heavy atom. The first-order valence-electron chi connectivity index (χ1n) is 9.21. The normalized spacial score (nSPS) is 14.1. The molecule has 30 heavy (non-hydrogen) atoms. The van der Waals surface area contributed by atoms with Gasteiger partial charge in [-0.15, -0.1) is 0 Å². The highest BCUT2D eigenvalue weighted by Gasteiger charge is 2.25. The molecule has 11 heteroatoms. The van der Waals surface area contributed by atoms with Gasteiger partial charge in [0, 0.05) is 23.9 Å². The molecule has 1 aliphatic rings. The summed E-state index contributed by atoms with van der Waals surface area (Å²) in [6.45, 7) is 0. The molecule has 0 radical (unpaired) electrons. The summed E-state index contributed by atoms with van der Waals surface area (Å²) in [6.07, 6.45) is 3.97. The summed E-state index contributed by atoms with van der Waals surface area (Å²) >= 11 is 0.910. The van der Waals surface area contributed by atoms with Gasteiger partial charge in [-0.3, -0.25) is 9.59 Å². The van der Waals surface area contributed by atoms with Gasteiger partial charge >= 0.3 is 0 Å². The number of aromatic nitrogens is 2.